The number of nitrogens with one attached hydrogen (secondary N) is 2. The van der Waals surface area contributed by atoms with Gasteiger partial charge in [-0.05, 0) is 43.5 Å². The molecule has 1 aromatic rings. The van der Waals surface area contributed by atoms with E-state index in [1.807, 2.05) is 13.8 Å². The van der Waals surface area contributed by atoms with Gasteiger partial charge in [0.2, 0.25) is 10.0 Å². The van der Waals surface area contributed by atoms with E-state index < -0.39 is 35.1 Å². The lowest BCUT2D eigenvalue weighted by atomic mass is 10.1. The third kappa shape index (κ3) is 6.37. The summed E-state index contributed by atoms with van der Waals surface area (Å²) in [6, 6.07) is 4.69. The van der Waals surface area contributed by atoms with Gasteiger partial charge in [0, 0.05) is 6.54 Å². The van der Waals surface area contributed by atoms with Gasteiger partial charge in [0.15, 0.2) is 6.61 Å². The Morgan fingerprint density at radius 1 is 1.17 bits per heavy atom. The molecule has 0 saturated heterocycles. The molecule has 1 rings (SSSR count). The molecule has 0 aliphatic heterocycles. The Kier molecular flexibility index (Phi) is 7.18. The second kappa shape index (κ2) is 8.64. The van der Waals surface area contributed by atoms with Gasteiger partial charge < -0.3 is 10.1 Å². The van der Waals surface area contributed by atoms with Crippen molar-refractivity contribution in [1.29, 1.82) is 0 Å². The van der Waals surface area contributed by atoms with Crippen molar-refractivity contribution in [2.75, 3.05) is 19.7 Å². The number of benzene rings is 1. The van der Waals surface area contributed by atoms with E-state index in [1.54, 1.807) is 13.0 Å². The fourth-order valence-corrected chi connectivity index (χ4v) is 2.68. The lowest BCUT2D eigenvalue weighted by Gasteiger charge is -2.09. The van der Waals surface area contributed by atoms with Gasteiger partial charge in [-0.25, -0.2) is 8.42 Å². The monoisotopic (exact) mass is 342 g/mol. The van der Waals surface area contributed by atoms with Crippen LogP contribution < -0.4 is 10.0 Å². The topological polar surface area (TPSA) is 102 Å². The van der Waals surface area contributed by atoms with E-state index in [2.05, 4.69) is 10.0 Å². The van der Waals surface area contributed by atoms with E-state index in [0.717, 1.165) is 17.5 Å². The normalized spacial score (nSPS) is 11.1. The van der Waals surface area contributed by atoms with Crippen LogP contribution in [0.25, 0.3) is 0 Å². The number of aryl methyl sites for hydroxylation is 2. The standard InChI is InChI=1S/C15H22N2O5S/c1-4-7-16-14(18)10-22-15(19)9-17-23(20,21)13-6-5-11(2)12(3)8-13/h5-6,8,17H,4,7,9-10H2,1-3H3,(H,16,18). The quantitative estimate of drug-likeness (QED) is 0.676. The Morgan fingerprint density at radius 2 is 1.87 bits per heavy atom. The highest BCUT2D eigenvalue weighted by Crippen LogP contribution is 2.14. The van der Waals surface area contributed by atoms with Crippen LogP contribution in [-0.4, -0.2) is 40.0 Å². The van der Waals surface area contributed by atoms with Crippen LogP contribution in [-0.2, 0) is 24.3 Å². The Labute approximate surface area is 136 Å². The number of rotatable bonds is 8. The largest absolute Gasteiger partial charge is 0.455 e. The number of ether oxygens (including phenoxy) is 1. The number of esters is 1. The third-order valence-electron chi connectivity index (χ3n) is 3.13. The highest BCUT2D eigenvalue weighted by atomic mass is 32.2. The summed E-state index contributed by atoms with van der Waals surface area (Å²) in [5.41, 5.74) is 1.81. The molecular formula is C15H22N2O5S. The van der Waals surface area contributed by atoms with Crippen molar-refractivity contribution >= 4 is 21.9 Å². The average molecular weight is 342 g/mol. The van der Waals surface area contributed by atoms with Crippen LogP contribution in [0.4, 0.5) is 0 Å². The van der Waals surface area contributed by atoms with Crippen LogP contribution in [0.2, 0.25) is 0 Å². The number of amides is 1. The molecule has 0 aliphatic rings. The number of carbonyl (C=O) groups is 2. The molecule has 0 aromatic heterocycles. The summed E-state index contributed by atoms with van der Waals surface area (Å²) < 4.78 is 31.0. The first kappa shape index (κ1) is 19.1. The van der Waals surface area contributed by atoms with E-state index in [-0.39, 0.29) is 4.90 Å². The molecule has 0 bridgehead atoms. The minimum Gasteiger partial charge on any atom is -0.455 e. The Hall–Kier alpha value is -1.93. The summed E-state index contributed by atoms with van der Waals surface area (Å²) in [5.74, 6) is -1.23. The molecule has 8 heteroatoms. The number of hydrogen-bond donors (Lipinski definition) is 2. The molecule has 0 unspecified atom stereocenters. The predicted molar refractivity (Wildman–Crippen MR) is 85.4 cm³/mol. The maximum absolute atomic E-state index is 12.1. The van der Waals surface area contributed by atoms with Gasteiger partial charge in [-0.2, -0.15) is 4.72 Å². The van der Waals surface area contributed by atoms with Crippen LogP contribution in [0.3, 0.4) is 0 Å². The van der Waals surface area contributed by atoms with Crippen molar-refractivity contribution in [3.8, 4) is 0 Å². The molecular weight excluding hydrogens is 320 g/mol. The second-order valence-electron chi connectivity index (χ2n) is 5.08. The summed E-state index contributed by atoms with van der Waals surface area (Å²) in [6.45, 7) is 5.11. The molecule has 23 heavy (non-hydrogen) atoms. The minimum atomic E-state index is -3.80. The van der Waals surface area contributed by atoms with Crippen LogP contribution in [0.15, 0.2) is 23.1 Å². The van der Waals surface area contributed by atoms with Crippen LogP contribution in [0, 0.1) is 13.8 Å². The predicted octanol–water partition coefficient (Wildman–Crippen LogP) is 0.651. The highest BCUT2D eigenvalue weighted by molar-refractivity contribution is 7.89. The smallest absolute Gasteiger partial charge is 0.321 e. The van der Waals surface area contributed by atoms with E-state index in [0.29, 0.717) is 6.54 Å². The number of hydrogen-bond acceptors (Lipinski definition) is 5. The van der Waals surface area contributed by atoms with Gasteiger partial charge in [-0.15, -0.1) is 0 Å². The molecule has 7 nitrogen and oxygen atoms in total. The zero-order chi connectivity index (χ0) is 17.5. The van der Waals surface area contributed by atoms with Gasteiger partial charge in [0.1, 0.15) is 6.54 Å². The Balaban J connectivity index is 2.51. The highest BCUT2D eigenvalue weighted by Gasteiger charge is 2.17. The summed E-state index contributed by atoms with van der Waals surface area (Å²) in [4.78, 5) is 22.8. The van der Waals surface area contributed by atoms with Gasteiger partial charge in [0.05, 0.1) is 4.90 Å². The second-order valence-corrected chi connectivity index (χ2v) is 6.85. The summed E-state index contributed by atoms with van der Waals surface area (Å²) in [5, 5.41) is 2.54. The minimum absolute atomic E-state index is 0.0779. The lowest BCUT2D eigenvalue weighted by Crippen LogP contribution is -2.34. The Morgan fingerprint density at radius 3 is 2.48 bits per heavy atom. The van der Waals surface area contributed by atoms with E-state index >= 15 is 0 Å². The lowest BCUT2D eigenvalue weighted by molar-refractivity contribution is -0.147. The van der Waals surface area contributed by atoms with Gasteiger partial charge in [-0.1, -0.05) is 13.0 Å². The first-order valence-corrected chi connectivity index (χ1v) is 8.74. The molecule has 0 spiro atoms. The molecule has 0 aliphatic carbocycles. The molecule has 1 amide bonds. The van der Waals surface area contributed by atoms with Crippen LogP contribution in [0.5, 0.6) is 0 Å². The number of sulfonamides is 1. The molecule has 0 fully saturated rings. The van der Waals surface area contributed by atoms with Crippen LogP contribution >= 0.6 is 0 Å². The van der Waals surface area contributed by atoms with Crippen molar-refractivity contribution in [2.24, 2.45) is 0 Å². The number of carbonyl (C=O) groups excluding carboxylic acids is 2. The Bertz CT molecular complexity index is 670. The zero-order valence-corrected chi connectivity index (χ0v) is 14.3. The van der Waals surface area contributed by atoms with Gasteiger partial charge in [-0.3, -0.25) is 9.59 Å². The van der Waals surface area contributed by atoms with Crippen molar-refractivity contribution < 1.29 is 22.7 Å². The maximum atomic E-state index is 12.1. The summed E-state index contributed by atoms with van der Waals surface area (Å²) in [6.07, 6.45) is 0.773. The molecule has 2 N–H and O–H groups in total. The molecule has 0 saturated carbocycles. The van der Waals surface area contributed by atoms with E-state index in [9.17, 15) is 18.0 Å². The van der Waals surface area contributed by atoms with Gasteiger partial charge in [0.25, 0.3) is 5.91 Å². The van der Waals surface area contributed by atoms with Gasteiger partial charge >= 0.3 is 5.97 Å². The molecule has 1 aromatic carbocycles. The average Bonchev–Trinajstić information content (AvgIpc) is 2.51. The van der Waals surface area contributed by atoms with E-state index in [4.69, 9.17) is 4.74 Å². The first-order chi connectivity index (χ1) is 10.8. The van der Waals surface area contributed by atoms with Crippen molar-refractivity contribution in [3.05, 3.63) is 29.3 Å². The van der Waals surface area contributed by atoms with Crippen molar-refractivity contribution in [1.82, 2.24) is 10.0 Å². The zero-order valence-electron chi connectivity index (χ0n) is 13.5. The summed E-state index contributed by atoms with van der Waals surface area (Å²) >= 11 is 0. The molecule has 128 valence electrons. The first-order valence-electron chi connectivity index (χ1n) is 7.25. The van der Waals surface area contributed by atoms with Crippen molar-refractivity contribution in [2.45, 2.75) is 32.1 Å². The van der Waals surface area contributed by atoms with E-state index in [1.165, 1.54) is 12.1 Å². The fourth-order valence-electron chi connectivity index (χ4n) is 1.63. The third-order valence-corrected chi connectivity index (χ3v) is 4.53. The van der Waals surface area contributed by atoms with Crippen molar-refractivity contribution in [3.63, 3.8) is 0 Å². The molecule has 0 atom stereocenters. The SMILES string of the molecule is CCCNC(=O)COC(=O)CNS(=O)(=O)c1ccc(C)c(C)c1. The maximum Gasteiger partial charge on any atom is 0.321 e. The van der Waals surface area contributed by atoms with Crippen LogP contribution in [0.1, 0.15) is 24.5 Å². The fraction of sp³-hybridized carbons (Fsp3) is 0.467. The molecule has 0 radical (unpaired) electrons. The molecule has 0 heterocycles. The summed E-state index contributed by atoms with van der Waals surface area (Å²) in [7, 11) is -3.80.